The summed E-state index contributed by atoms with van der Waals surface area (Å²) in [6.45, 7) is 2.98. The van der Waals surface area contributed by atoms with Gasteiger partial charge >= 0.3 is 0 Å². The Morgan fingerprint density at radius 1 is 1.03 bits per heavy atom. The van der Waals surface area contributed by atoms with Crippen LogP contribution in [0.5, 0.6) is 0 Å². The Kier molecular flexibility index (Phi) is 6.25. The quantitative estimate of drug-likeness (QED) is 0.359. The second kappa shape index (κ2) is 9.64. The maximum atomic E-state index is 14.2. The molecule has 1 unspecified atom stereocenters. The van der Waals surface area contributed by atoms with Gasteiger partial charge in [0.15, 0.2) is 5.69 Å². The van der Waals surface area contributed by atoms with Crippen LogP contribution in [0.4, 0.5) is 24.7 Å². The highest BCUT2D eigenvalue weighted by atomic mass is 19.3. The van der Waals surface area contributed by atoms with E-state index >= 15 is 0 Å². The van der Waals surface area contributed by atoms with Crippen molar-refractivity contribution >= 4 is 28.3 Å². The van der Waals surface area contributed by atoms with Crippen molar-refractivity contribution in [1.29, 1.82) is 0 Å². The third-order valence-electron chi connectivity index (χ3n) is 7.31. The van der Waals surface area contributed by atoms with Crippen molar-refractivity contribution in [1.82, 2.24) is 25.1 Å². The molecule has 1 amide bonds. The number of hydrogen-bond acceptors (Lipinski definition) is 6. The average Bonchev–Trinajstić information content (AvgIpc) is 3.60. The Labute approximate surface area is 223 Å². The van der Waals surface area contributed by atoms with Crippen LogP contribution in [0.2, 0.25) is 0 Å². The van der Waals surface area contributed by atoms with Gasteiger partial charge in [-0.05, 0) is 48.4 Å². The number of carbonyl (C=O) groups is 1. The molecule has 6 rings (SSSR count). The number of pyridine rings is 2. The van der Waals surface area contributed by atoms with Gasteiger partial charge in [0.25, 0.3) is 11.8 Å². The van der Waals surface area contributed by atoms with Gasteiger partial charge in [-0.3, -0.25) is 19.8 Å². The molecule has 2 fully saturated rings. The van der Waals surface area contributed by atoms with Crippen molar-refractivity contribution in [3.05, 3.63) is 66.2 Å². The lowest BCUT2D eigenvalue weighted by molar-refractivity contribution is 0.0115. The SMILES string of the molecule is CC1(F)CCN(c2ccc(NC(=O)c3n[nH]c4ccc(-c5cncc(CN6CCC(F)(F)C6)c5)cc34)cn2)C1. The molecule has 0 spiro atoms. The summed E-state index contributed by atoms with van der Waals surface area (Å²) in [4.78, 5) is 25.4. The Morgan fingerprint density at radius 3 is 2.62 bits per heavy atom. The maximum absolute atomic E-state index is 14.2. The van der Waals surface area contributed by atoms with E-state index in [9.17, 15) is 18.0 Å². The van der Waals surface area contributed by atoms with Gasteiger partial charge in [0, 0.05) is 55.8 Å². The summed E-state index contributed by atoms with van der Waals surface area (Å²) in [6.07, 6.45) is 5.28. The fraction of sp³-hybridized carbons (Fsp3) is 0.357. The summed E-state index contributed by atoms with van der Waals surface area (Å²) < 4.78 is 41.4. The van der Waals surface area contributed by atoms with E-state index in [2.05, 4.69) is 25.5 Å². The van der Waals surface area contributed by atoms with Crippen LogP contribution in [0.3, 0.4) is 0 Å². The van der Waals surface area contributed by atoms with Crippen LogP contribution in [0.25, 0.3) is 22.0 Å². The molecule has 11 heteroatoms. The van der Waals surface area contributed by atoms with Gasteiger partial charge in [-0.1, -0.05) is 6.07 Å². The standard InChI is InChI=1S/C28H28F3N7O/c1-27(29)6-9-38(16-27)24-5-3-21(14-33-24)34-26(39)25-22-11-19(2-4-23(22)35-36-25)20-10-18(12-32-13-20)15-37-8-7-28(30,31)17-37/h2-5,10-14H,6-9,15-17H2,1H3,(H,34,39)(H,35,36). The summed E-state index contributed by atoms with van der Waals surface area (Å²) in [6, 6.07) is 11.0. The lowest BCUT2D eigenvalue weighted by Crippen LogP contribution is -2.26. The third kappa shape index (κ3) is 5.44. The lowest BCUT2D eigenvalue weighted by Gasteiger charge is -2.18. The number of aromatic amines is 1. The van der Waals surface area contributed by atoms with Gasteiger partial charge in [0.05, 0.1) is 30.5 Å². The third-order valence-corrected chi connectivity index (χ3v) is 7.31. The van der Waals surface area contributed by atoms with Crippen molar-refractivity contribution in [2.45, 2.75) is 37.9 Å². The second-order valence-electron chi connectivity index (χ2n) is 10.7. The van der Waals surface area contributed by atoms with E-state index in [0.717, 1.165) is 16.7 Å². The monoisotopic (exact) mass is 535 g/mol. The fourth-order valence-corrected chi connectivity index (χ4v) is 5.26. The molecule has 1 aromatic carbocycles. The number of anilines is 2. The number of benzene rings is 1. The molecule has 202 valence electrons. The molecule has 8 nitrogen and oxygen atoms in total. The highest BCUT2D eigenvalue weighted by Gasteiger charge is 2.38. The van der Waals surface area contributed by atoms with Gasteiger partial charge in [0.1, 0.15) is 11.5 Å². The Balaban J connectivity index is 1.18. The highest BCUT2D eigenvalue weighted by Crippen LogP contribution is 2.31. The summed E-state index contributed by atoms with van der Waals surface area (Å²) in [7, 11) is 0. The predicted octanol–water partition coefficient (Wildman–Crippen LogP) is 5.05. The van der Waals surface area contributed by atoms with E-state index in [0.29, 0.717) is 55.0 Å². The number of nitrogens with one attached hydrogen (secondary N) is 2. The average molecular weight is 536 g/mol. The Morgan fingerprint density at radius 2 is 1.90 bits per heavy atom. The fourth-order valence-electron chi connectivity index (χ4n) is 5.26. The summed E-state index contributed by atoms with van der Waals surface area (Å²) in [5, 5.41) is 10.6. The highest BCUT2D eigenvalue weighted by molar-refractivity contribution is 6.11. The molecule has 2 N–H and O–H groups in total. The van der Waals surface area contributed by atoms with Crippen LogP contribution in [-0.2, 0) is 6.54 Å². The van der Waals surface area contributed by atoms with E-state index in [1.807, 2.05) is 29.2 Å². The van der Waals surface area contributed by atoms with Crippen LogP contribution in [0, 0.1) is 0 Å². The molecule has 2 aliphatic heterocycles. The van der Waals surface area contributed by atoms with Crippen LogP contribution in [-0.4, -0.2) is 68.7 Å². The zero-order chi connectivity index (χ0) is 27.2. The van der Waals surface area contributed by atoms with Crippen LogP contribution < -0.4 is 10.2 Å². The van der Waals surface area contributed by atoms with E-state index in [4.69, 9.17) is 0 Å². The van der Waals surface area contributed by atoms with E-state index in [1.165, 1.54) is 0 Å². The molecule has 2 aliphatic rings. The molecule has 3 aromatic heterocycles. The van der Waals surface area contributed by atoms with Gasteiger partial charge in [-0.2, -0.15) is 5.10 Å². The smallest absolute Gasteiger partial charge is 0.276 e. The van der Waals surface area contributed by atoms with Crippen molar-refractivity contribution < 1.29 is 18.0 Å². The number of nitrogens with zero attached hydrogens (tertiary/aromatic N) is 5. The van der Waals surface area contributed by atoms with Gasteiger partial charge in [-0.25, -0.2) is 18.2 Å². The lowest BCUT2D eigenvalue weighted by atomic mass is 10.0. The van der Waals surface area contributed by atoms with Crippen molar-refractivity contribution in [3.8, 4) is 11.1 Å². The minimum Gasteiger partial charge on any atom is -0.353 e. The van der Waals surface area contributed by atoms with E-state index in [-0.39, 0.29) is 18.7 Å². The molecular weight excluding hydrogens is 507 g/mol. The molecule has 0 aliphatic carbocycles. The molecule has 2 saturated heterocycles. The maximum Gasteiger partial charge on any atom is 0.276 e. The van der Waals surface area contributed by atoms with Crippen LogP contribution in [0.1, 0.15) is 35.8 Å². The number of likely N-dealkylation sites (tertiary alicyclic amines) is 1. The van der Waals surface area contributed by atoms with Crippen molar-refractivity contribution in [3.63, 3.8) is 0 Å². The number of amides is 1. The first-order valence-corrected chi connectivity index (χ1v) is 12.9. The first-order chi connectivity index (χ1) is 18.6. The van der Waals surface area contributed by atoms with Crippen molar-refractivity contribution in [2.24, 2.45) is 0 Å². The molecule has 4 aromatic rings. The number of carbonyl (C=O) groups excluding carboxylic acids is 1. The number of hydrogen-bond donors (Lipinski definition) is 2. The molecule has 0 radical (unpaired) electrons. The van der Waals surface area contributed by atoms with Crippen LogP contribution in [0.15, 0.2) is 55.0 Å². The summed E-state index contributed by atoms with van der Waals surface area (Å²) in [5.41, 5.74) is 2.70. The Bertz CT molecular complexity index is 1520. The largest absolute Gasteiger partial charge is 0.353 e. The van der Waals surface area contributed by atoms with E-state index < -0.39 is 17.5 Å². The number of alkyl halides is 3. The van der Waals surface area contributed by atoms with Crippen LogP contribution >= 0.6 is 0 Å². The zero-order valence-electron chi connectivity index (χ0n) is 21.4. The first kappa shape index (κ1) is 25.3. The number of rotatable bonds is 6. The van der Waals surface area contributed by atoms with Gasteiger partial charge in [0.2, 0.25) is 0 Å². The van der Waals surface area contributed by atoms with Crippen molar-refractivity contribution in [2.75, 3.05) is 36.4 Å². The van der Waals surface area contributed by atoms with E-state index in [1.54, 1.807) is 42.5 Å². The molecular formula is C28H28F3N7O. The second-order valence-corrected chi connectivity index (χ2v) is 10.7. The molecule has 39 heavy (non-hydrogen) atoms. The molecule has 0 bridgehead atoms. The zero-order valence-corrected chi connectivity index (χ0v) is 21.4. The molecule has 0 saturated carbocycles. The molecule has 5 heterocycles. The predicted molar refractivity (Wildman–Crippen MR) is 143 cm³/mol. The normalized spacial score (nSPS) is 21.1. The van der Waals surface area contributed by atoms with Gasteiger partial charge < -0.3 is 10.2 Å². The Hall–Kier alpha value is -3.99. The summed E-state index contributed by atoms with van der Waals surface area (Å²) >= 11 is 0. The minimum absolute atomic E-state index is 0.126. The number of fused-ring (bicyclic) bond motifs is 1. The minimum atomic E-state index is -2.64. The molecule has 1 atom stereocenters. The summed E-state index contributed by atoms with van der Waals surface area (Å²) in [5.74, 6) is -2.37. The first-order valence-electron chi connectivity index (χ1n) is 12.9. The number of aromatic nitrogens is 4. The topological polar surface area (TPSA) is 90.0 Å². The number of H-pyrrole nitrogens is 1. The van der Waals surface area contributed by atoms with Gasteiger partial charge in [-0.15, -0.1) is 0 Å². The number of halogens is 3.